The van der Waals surface area contributed by atoms with Gasteiger partial charge in [-0.05, 0) is 35.9 Å². The van der Waals surface area contributed by atoms with Crippen molar-refractivity contribution in [3.05, 3.63) is 62.8 Å². The van der Waals surface area contributed by atoms with E-state index in [9.17, 15) is 17.6 Å². The summed E-state index contributed by atoms with van der Waals surface area (Å²) >= 11 is 6.36. The van der Waals surface area contributed by atoms with E-state index in [2.05, 4.69) is 37.2 Å². The van der Waals surface area contributed by atoms with Crippen molar-refractivity contribution < 1.29 is 17.6 Å². The lowest BCUT2D eigenvalue weighted by atomic mass is 10.2. The minimum Gasteiger partial charge on any atom is -0.323 e. The van der Waals surface area contributed by atoms with Crippen molar-refractivity contribution >= 4 is 53.3 Å². The van der Waals surface area contributed by atoms with Gasteiger partial charge in [0.2, 0.25) is 5.91 Å². The molecule has 0 unspecified atom stereocenters. The summed E-state index contributed by atoms with van der Waals surface area (Å²) in [6.45, 7) is 0. The van der Waals surface area contributed by atoms with Crippen molar-refractivity contribution in [3.8, 4) is 0 Å². The second-order valence-corrected chi connectivity index (χ2v) is 8.73. The predicted molar refractivity (Wildman–Crippen MR) is 94.4 cm³/mol. The second kappa shape index (κ2) is 7.55. The molecule has 8 heteroatoms. The molecule has 4 nitrogen and oxygen atoms in total. The summed E-state index contributed by atoms with van der Waals surface area (Å²) in [6, 6.07) is 10.9. The van der Waals surface area contributed by atoms with Gasteiger partial charge >= 0.3 is 0 Å². The molecule has 122 valence electrons. The largest absolute Gasteiger partial charge is 0.323 e. The number of anilines is 1. The average Bonchev–Trinajstić information content (AvgIpc) is 2.43. The molecule has 0 aromatic heterocycles. The number of hydrogen-bond acceptors (Lipinski definition) is 3. The van der Waals surface area contributed by atoms with E-state index in [1.165, 1.54) is 12.1 Å². The Morgan fingerprint density at radius 1 is 1.04 bits per heavy atom. The normalized spacial score (nSPS) is 11.3. The average molecular weight is 465 g/mol. The van der Waals surface area contributed by atoms with Gasteiger partial charge in [-0.2, -0.15) is 0 Å². The van der Waals surface area contributed by atoms with Gasteiger partial charge in [-0.3, -0.25) is 4.79 Å². The molecule has 0 heterocycles. The van der Waals surface area contributed by atoms with E-state index in [1.807, 2.05) is 0 Å². The predicted octanol–water partition coefficient (Wildman–Crippen LogP) is 3.90. The number of amides is 1. The van der Waals surface area contributed by atoms with Crippen molar-refractivity contribution in [2.24, 2.45) is 0 Å². The first-order chi connectivity index (χ1) is 10.7. The van der Waals surface area contributed by atoms with Crippen LogP contribution in [0.1, 0.15) is 5.56 Å². The van der Waals surface area contributed by atoms with Gasteiger partial charge in [-0.1, -0.05) is 44.0 Å². The van der Waals surface area contributed by atoms with Crippen molar-refractivity contribution in [2.45, 2.75) is 5.75 Å². The lowest BCUT2D eigenvalue weighted by Crippen LogP contribution is -2.24. The number of rotatable bonds is 5. The first-order valence-electron chi connectivity index (χ1n) is 6.45. The van der Waals surface area contributed by atoms with Crippen LogP contribution in [-0.2, 0) is 20.4 Å². The Hall–Kier alpha value is -1.25. The van der Waals surface area contributed by atoms with Crippen molar-refractivity contribution in [1.82, 2.24) is 0 Å². The Balaban J connectivity index is 2.02. The zero-order chi connectivity index (χ0) is 17.0. The number of halogens is 3. The van der Waals surface area contributed by atoms with Crippen LogP contribution >= 0.6 is 31.9 Å². The van der Waals surface area contributed by atoms with E-state index in [1.54, 1.807) is 30.3 Å². The van der Waals surface area contributed by atoms with Crippen LogP contribution in [0.25, 0.3) is 0 Å². The van der Waals surface area contributed by atoms with Crippen LogP contribution < -0.4 is 5.32 Å². The Kier molecular flexibility index (Phi) is 5.94. The molecule has 2 aromatic carbocycles. The summed E-state index contributed by atoms with van der Waals surface area (Å²) in [4.78, 5) is 11.8. The highest BCUT2D eigenvalue weighted by Gasteiger charge is 2.18. The van der Waals surface area contributed by atoms with Gasteiger partial charge in [0, 0.05) is 8.95 Å². The number of carbonyl (C=O) groups excluding carboxylic acids is 1. The number of nitrogens with one attached hydrogen (secondary N) is 1. The maximum Gasteiger partial charge on any atom is 0.239 e. The third-order valence-electron chi connectivity index (χ3n) is 2.86. The first kappa shape index (κ1) is 18.1. The highest BCUT2D eigenvalue weighted by molar-refractivity contribution is 9.10. The molecule has 0 saturated heterocycles. The fourth-order valence-corrected chi connectivity index (χ4v) is 3.73. The van der Waals surface area contributed by atoms with Crippen LogP contribution in [0.15, 0.2) is 51.4 Å². The van der Waals surface area contributed by atoms with Crippen LogP contribution in [0.5, 0.6) is 0 Å². The van der Waals surface area contributed by atoms with Gasteiger partial charge in [-0.25, -0.2) is 12.8 Å². The van der Waals surface area contributed by atoms with Gasteiger partial charge in [0.05, 0.1) is 11.4 Å². The quantitative estimate of drug-likeness (QED) is 0.729. The van der Waals surface area contributed by atoms with Crippen molar-refractivity contribution in [2.75, 3.05) is 11.1 Å². The summed E-state index contributed by atoms with van der Waals surface area (Å²) in [5, 5.41) is 2.27. The molecule has 0 fully saturated rings. The summed E-state index contributed by atoms with van der Waals surface area (Å²) in [6.07, 6.45) is 0. The molecule has 23 heavy (non-hydrogen) atoms. The zero-order valence-corrected chi connectivity index (χ0v) is 15.7. The molecule has 0 atom stereocenters. The summed E-state index contributed by atoms with van der Waals surface area (Å²) < 4.78 is 39.1. The van der Waals surface area contributed by atoms with Gasteiger partial charge in [-0.15, -0.1) is 0 Å². The van der Waals surface area contributed by atoms with Gasteiger partial charge < -0.3 is 5.32 Å². The molecule has 1 N–H and O–H groups in total. The van der Waals surface area contributed by atoms with Crippen molar-refractivity contribution in [1.29, 1.82) is 0 Å². The number of hydrogen-bond donors (Lipinski definition) is 1. The smallest absolute Gasteiger partial charge is 0.239 e. The second-order valence-electron chi connectivity index (χ2n) is 4.83. The van der Waals surface area contributed by atoms with Gasteiger partial charge in [0.25, 0.3) is 0 Å². The monoisotopic (exact) mass is 463 g/mol. The van der Waals surface area contributed by atoms with Gasteiger partial charge in [0.1, 0.15) is 11.6 Å². The van der Waals surface area contributed by atoms with Crippen LogP contribution in [0.3, 0.4) is 0 Å². The van der Waals surface area contributed by atoms with E-state index < -0.39 is 27.3 Å². The third kappa shape index (κ3) is 5.71. The fourth-order valence-electron chi connectivity index (χ4n) is 1.86. The standard InChI is InChI=1S/C15H12Br2FNO3S/c16-11-3-1-10(2-4-11)8-23(21,22)9-15(20)19-14-6-5-12(17)7-13(14)18/h1-7H,8-9H2,(H,19,20). The van der Waals surface area contributed by atoms with E-state index in [0.717, 1.165) is 4.47 Å². The Morgan fingerprint density at radius 2 is 1.65 bits per heavy atom. The molecule has 0 radical (unpaired) electrons. The molecule has 0 aliphatic carbocycles. The highest BCUT2D eigenvalue weighted by atomic mass is 79.9. The fraction of sp³-hybridized carbons (Fsp3) is 0.133. The highest BCUT2D eigenvalue weighted by Crippen LogP contribution is 2.19. The molecule has 0 spiro atoms. The number of sulfone groups is 1. The molecule has 2 rings (SSSR count). The Morgan fingerprint density at radius 3 is 2.26 bits per heavy atom. The summed E-state index contributed by atoms with van der Waals surface area (Å²) in [5.41, 5.74) is 0.521. The van der Waals surface area contributed by atoms with Crippen LogP contribution in [0.2, 0.25) is 0 Å². The van der Waals surface area contributed by atoms with Gasteiger partial charge in [0.15, 0.2) is 9.84 Å². The molecular formula is C15H12Br2FNO3S. The van der Waals surface area contributed by atoms with E-state index in [4.69, 9.17) is 0 Å². The molecular weight excluding hydrogens is 453 g/mol. The third-order valence-corrected chi connectivity index (χ3v) is 5.35. The maximum atomic E-state index is 13.6. The zero-order valence-electron chi connectivity index (χ0n) is 11.7. The topological polar surface area (TPSA) is 63.2 Å². The van der Waals surface area contributed by atoms with Crippen LogP contribution in [-0.4, -0.2) is 20.1 Å². The Bertz CT molecular complexity index is 823. The van der Waals surface area contributed by atoms with E-state index in [-0.39, 0.29) is 11.4 Å². The van der Waals surface area contributed by atoms with Crippen LogP contribution in [0, 0.1) is 5.82 Å². The summed E-state index contributed by atoms with van der Waals surface area (Å²) in [5.74, 6) is -2.38. The minimum absolute atomic E-state index is 0.0583. The number of benzene rings is 2. The minimum atomic E-state index is -3.65. The summed E-state index contributed by atoms with van der Waals surface area (Å²) in [7, 11) is -3.65. The molecule has 0 aliphatic rings. The van der Waals surface area contributed by atoms with Crippen LogP contribution in [0.4, 0.5) is 10.1 Å². The molecule has 1 amide bonds. The lowest BCUT2D eigenvalue weighted by Gasteiger charge is -2.08. The molecule has 0 saturated carbocycles. The molecule has 0 aliphatic heterocycles. The Labute approximate surface area is 150 Å². The van der Waals surface area contributed by atoms with Crippen molar-refractivity contribution in [3.63, 3.8) is 0 Å². The lowest BCUT2D eigenvalue weighted by molar-refractivity contribution is -0.113. The molecule has 0 bridgehead atoms. The number of carbonyl (C=O) groups is 1. The first-order valence-corrected chi connectivity index (χ1v) is 9.86. The van der Waals surface area contributed by atoms with E-state index >= 15 is 0 Å². The SMILES string of the molecule is O=C(CS(=O)(=O)Cc1ccc(Br)cc1)Nc1ccc(Br)cc1F. The molecule has 2 aromatic rings. The van der Waals surface area contributed by atoms with E-state index in [0.29, 0.717) is 10.0 Å². The maximum absolute atomic E-state index is 13.6.